The maximum atomic E-state index is 4.16. The monoisotopic (exact) mass is 246 g/mol. The van der Waals surface area contributed by atoms with Crippen LogP contribution in [0.3, 0.4) is 0 Å². The SMILES string of the molecule is CNC(Cc1c(C)cccc1C)c1cncs1. The molecule has 2 aromatic rings. The third-order valence-electron chi connectivity index (χ3n) is 3.20. The fourth-order valence-electron chi connectivity index (χ4n) is 2.12. The Labute approximate surface area is 107 Å². The van der Waals surface area contributed by atoms with Crippen molar-refractivity contribution in [2.75, 3.05) is 7.05 Å². The molecule has 1 aromatic carbocycles. The number of nitrogens with zero attached hydrogens (tertiary/aromatic N) is 1. The largest absolute Gasteiger partial charge is 0.312 e. The number of hydrogen-bond acceptors (Lipinski definition) is 3. The molecule has 0 aliphatic rings. The van der Waals surface area contributed by atoms with E-state index in [9.17, 15) is 0 Å². The molecule has 0 radical (unpaired) electrons. The molecule has 0 fully saturated rings. The average Bonchev–Trinajstić information content (AvgIpc) is 2.82. The van der Waals surface area contributed by atoms with Crippen molar-refractivity contribution in [3.63, 3.8) is 0 Å². The maximum Gasteiger partial charge on any atom is 0.0794 e. The summed E-state index contributed by atoms with van der Waals surface area (Å²) in [6.45, 7) is 4.36. The predicted molar refractivity (Wildman–Crippen MR) is 73.5 cm³/mol. The van der Waals surface area contributed by atoms with Gasteiger partial charge in [0.2, 0.25) is 0 Å². The van der Waals surface area contributed by atoms with Gasteiger partial charge < -0.3 is 5.32 Å². The molecule has 0 saturated heterocycles. The lowest BCUT2D eigenvalue weighted by Gasteiger charge is -2.17. The van der Waals surface area contributed by atoms with Gasteiger partial charge in [0.1, 0.15) is 0 Å². The zero-order valence-electron chi connectivity index (χ0n) is 10.5. The summed E-state index contributed by atoms with van der Waals surface area (Å²) in [5.74, 6) is 0. The van der Waals surface area contributed by atoms with Gasteiger partial charge in [-0.25, -0.2) is 0 Å². The zero-order chi connectivity index (χ0) is 12.3. The lowest BCUT2D eigenvalue weighted by atomic mass is 9.96. The van der Waals surface area contributed by atoms with E-state index >= 15 is 0 Å². The Morgan fingerprint density at radius 2 is 2.00 bits per heavy atom. The fraction of sp³-hybridized carbons (Fsp3) is 0.357. The second-order valence-electron chi connectivity index (χ2n) is 4.32. The molecule has 1 unspecified atom stereocenters. The number of nitrogens with one attached hydrogen (secondary N) is 1. The number of benzene rings is 1. The third-order valence-corrected chi connectivity index (χ3v) is 4.09. The topological polar surface area (TPSA) is 24.9 Å². The number of aromatic nitrogens is 1. The van der Waals surface area contributed by atoms with Crippen LogP contribution >= 0.6 is 11.3 Å². The quantitative estimate of drug-likeness (QED) is 0.895. The number of hydrogen-bond donors (Lipinski definition) is 1. The Morgan fingerprint density at radius 1 is 1.29 bits per heavy atom. The molecule has 2 rings (SSSR count). The minimum atomic E-state index is 0.363. The standard InChI is InChI=1S/C14H18N2S/c1-10-5-4-6-11(2)12(10)7-13(15-3)14-8-16-9-17-14/h4-6,8-9,13,15H,7H2,1-3H3. The van der Waals surface area contributed by atoms with E-state index < -0.39 is 0 Å². The molecule has 0 saturated carbocycles. The average molecular weight is 246 g/mol. The van der Waals surface area contributed by atoms with Gasteiger partial charge in [0, 0.05) is 17.1 Å². The van der Waals surface area contributed by atoms with Gasteiger partial charge in [0.05, 0.1) is 5.51 Å². The van der Waals surface area contributed by atoms with Crippen molar-refractivity contribution in [3.05, 3.63) is 51.5 Å². The fourth-order valence-corrected chi connectivity index (χ4v) is 2.85. The van der Waals surface area contributed by atoms with Crippen LogP contribution < -0.4 is 5.32 Å². The second-order valence-corrected chi connectivity index (χ2v) is 5.24. The molecule has 1 atom stereocenters. The Hall–Kier alpha value is -1.19. The third kappa shape index (κ3) is 2.73. The van der Waals surface area contributed by atoms with Crippen molar-refractivity contribution in [3.8, 4) is 0 Å². The molecule has 0 amide bonds. The van der Waals surface area contributed by atoms with Crippen LogP contribution in [0.2, 0.25) is 0 Å². The van der Waals surface area contributed by atoms with Crippen molar-refractivity contribution in [1.82, 2.24) is 10.3 Å². The molecule has 0 bridgehead atoms. The molecule has 1 aromatic heterocycles. The van der Waals surface area contributed by atoms with Crippen molar-refractivity contribution < 1.29 is 0 Å². The summed E-state index contributed by atoms with van der Waals surface area (Å²) < 4.78 is 0. The minimum Gasteiger partial charge on any atom is -0.312 e. The van der Waals surface area contributed by atoms with E-state index in [1.807, 2.05) is 18.8 Å². The molecular formula is C14H18N2S. The van der Waals surface area contributed by atoms with Gasteiger partial charge in [-0.05, 0) is 44.0 Å². The Bertz CT molecular complexity index is 457. The lowest BCUT2D eigenvalue weighted by Crippen LogP contribution is -2.18. The number of thiazole rings is 1. The highest BCUT2D eigenvalue weighted by molar-refractivity contribution is 7.09. The molecule has 0 aliphatic heterocycles. The normalized spacial score (nSPS) is 12.6. The van der Waals surface area contributed by atoms with Crippen LogP contribution in [0.15, 0.2) is 29.9 Å². The predicted octanol–water partition coefficient (Wildman–Crippen LogP) is 3.26. The van der Waals surface area contributed by atoms with Crippen LogP contribution in [0.1, 0.15) is 27.6 Å². The van der Waals surface area contributed by atoms with E-state index in [-0.39, 0.29) is 0 Å². The van der Waals surface area contributed by atoms with Crippen molar-refractivity contribution in [1.29, 1.82) is 0 Å². The maximum absolute atomic E-state index is 4.16. The smallest absolute Gasteiger partial charge is 0.0794 e. The molecular weight excluding hydrogens is 228 g/mol. The number of rotatable bonds is 4. The molecule has 2 nitrogen and oxygen atoms in total. The molecule has 17 heavy (non-hydrogen) atoms. The van der Waals surface area contributed by atoms with Crippen LogP contribution in [-0.4, -0.2) is 12.0 Å². The van der Waals surface area contributed by atoms with Gasteiger partial charge in [-0.15, -0.1) is 11.3 Å². The van der Waals surface area contributed by atoms with E-state index in [4.69, 9.17) is 0 Å². The first-order chi connectivity index (χ1) is 8.22. The Balaban J connectivity index is 2.25. The van der Waals surface area contributed by atoms with Gasteiger partial charge in [-0.3, -0.25) is 4.98 Å². The van der Waals surface area contributed by atoms with Crippen LogP contribution in [0.4, 0.5) is 0 Å². The van der Waals surface area contributed by atoms with Crippen LogP contribution in [0, 0.1) is 13.8 Å². The summed E-state index contributed by atoms with van der Waals surface area (Å²) in [5, 5.41) is 3.38. The van der Waals surface area contributed by atoms with E-state index in [0.717, 1.165) is 6.42 Å². The highest BCUT2D eigenvalue weighted by Crippen LogP contribution is 2.24. The van der Waals surface area contributed by atoms with E-state index in [1.165, 1.54) is 21.6 Å². The molecule has 1 heterocycles. The summed E-state index contributed by atoms with van der Waals surface area (Å²) >= 11 is 1.71. The van der Waals surface area contributed by atoms with E-state index in [0.29, 0.717) is 6.04 Å². The van der Waals surface area contributed by atoms with Crippen LogP contribution in [0.25, 0.3) is 0 Å². The highest BCUT2D eigenvalue weighted by atomic mass is 32.1. The summed E-state index contributed by atoms with van der Waals surface area (Å²) in [4.78, 5) is 5.46. The molecule has 0 aliphatic carbocycles. The zero-order valence-corrected chi connectivity index (χ0v) is 11.3. The summed E-state index contributed by atoms with van der Waals surface area (Å²) in [5.41, 5.74) is 6.08. The first-order valence-corrected chi connectivity index (χ1v) is 6.71. The second kappa shape index (κ2) is 5.43. The summed E-state index contributed by atoms with van der Waals surface area (Å²) in [7, 11) is 2.01. The Kier molecular flexibility index (Phi) is 3.92. The van der Waals surface area contributed by atoms with E-state index in [1.54, 1.807) is 11.3 Å². The van der Waals surface area contributed by atoms with Gasteiger partial charge >= 0.3 is 0 Å². The van der Waals surface area contributed by atoms with Gasteiger partial charge in [0.15, 0.2) is 0 Å². The molecule has 90 valence electrons. The van der Waals surface area contributed by atoms with Crippen LogP contribution in [0.5, 0.6) is 0 Å². The highest BCUT2D eigenvalue weighted by Gasteiger charge is 2.14. The summed E-state index contributed by atoms with van der Waals surface area (Å²) in [6.07, 6.45) is 2.98. The number of aryl methyl sites for hydroxylation is 2. The van der Waals surface area contributed by atoms with Crippen molar-refractivity contribution >= 4 is 11.3 Å². The Morgan fingerprint density at radius 3 is 2.53 bits per heavy atom. The van der Waals surface area contributed by atoms with E-state index in [2.05, 4.69) is 42.3 Å². The number of likely N-dealkylation sites (N-methyl/N-ethyl adjacent to an activating group) is 1. The first kappa shape index (κ1) is 12.3. The summed E-state index contributed by atoms with van der Waals surface area (Å²) in [6, 6.07) is 6.85. The molecule has 3 heteroatoms. The van der Waals surface area contributed by atoms with Crippen molar-refractivity contribution in [2.45, 2.75) is 26.3 Å². The molecule has 1 N–H and O–H groups in total. The van der Waals surface area contributed by atoms with Gasteiger partial charge in [-0.1, -0.05) is 18.2 Å². The van der Waals surface area contributed by atoms with Gasteiger partial charge in [-0.2, -0.15) is 0 Å². The molecule has 0 spiro atoms. The van der Waals surface area contributed by atoms with Crippen LogP contribution in [-0.2, 0) is 6.42 Å². The van der Waals surface area contributed by atoms with Gasteiger partial charge in [0.25, 0.3) is 0 Å². The van der Waals surface area contributed by atoms with Crippen molar-refractivity contribution in [2.24, 2.45) is 0 Å². The lowest BCUT2D eigenvalue weighted by molar-refractivity contribution is 0.598. The first-order valence-electron chi connectivity index (χ1n) is 5.83. The minimum absolute atomic E-state index is 0.363.